The number of fused-ring (bicyclic) bond motifs is 2. The molecule has 4 aromatic rings. The van der Waals surface area contributed by atoms with Gasteiger partial charge in [0.25, 0.3) is 0 Å². The third-order valence-electron chi connectivity index (χ3n) is 4.63. The summed E-state index contributed by atoms with van der Waals surface area (Å²) in [5.41, 5.74) is 12.1. The summed E-state index contributed by atoms with van der Waals surface area (Å²) in [5, 5.41) is 3.90. The van der Waals surface area contributed by atoms with E-state index in [1.165, 1.54) is 43.9 Å². The monoisotopic (exact) mass is 300 g/mol. The lowest BCUT2D eigenvalue weighted by molar-refractivity contribution is 0.976. The highest BCUT2D eigenvalue weighted by Crippen LogP contribution is 2.33. The summed E-state index contributed by atoms with van der Waals surface area (Å²) in [7, 11) is 0. The number of aryl methyl sites for hydroxylation is 1. The lowest BCUT2D eigenvalue weighted by atomic mass is 9.94. The minimum absolute atomic E-state index is 0.671. The molecule has 3 aromatic carbocycles. The van der Waals surface area contributed by atoms with Gasteiger partial charge in [0.2, 0.25) is 0 Å². The van der Waals surface area contributed by atoms with Crippen LogP contribution < -0.4 is 5.73 Å². The highest BCUT2D eigenvalue weighted by atomic mass is 14.7. The highest BCUT2D eigenvalue weighted by Gasteiger charge is 2.09. The van der Waals surface area contributed by atoms with Gasteiger partial charge in [0.05, 0.1) is 0 Å². The molecule has 2 heteroatoms. The topological polar surface area (TPSA) is 41.8 Å². The van der Waals surface area contributed by atoms with Crippen molar-refractivity contribution in [2.75, 3.05) is 6.54 Å². The van der Waals surface area contributed by atoms with Crippen molar-refractivity contribution in [3.05, 3.63) is 71.9 Å². The quantitative estimate of drug-likeness (QED) is 0.561. The molecule has 0 bridgehead atoms. The molecule has 0 atom stereocenters. The van der Waals surface area contributed by atoms with Crippen molar-refractivity contribution < 1.29 is 0 Å². The van der Waals surface area contributed by atoms with Crippen molar-refractivity contribution in [3.63, 3.8) is 0 Å². The van der Waals surface area contributed by atoms with E-state index in [-0.39, 0.29) is 0 Å². The molecule has 114 valence electrons. The first-order valence-corrected chi connectivity index (χ1v) is 8.07. The number of nitrogens with two attached hydrogens (primary N) is 1. The van der Waals surface area contributed by atoms with Gasteiger partial charge in [-0.25, -0.2) is 0 Å². The second-order valence-corrected chi connectivity index (χ2v) is 6.09. The number of hydrogen-bond acceptors (Lipinski definition) is 1. The maximum atomic E-state index is 5.74. The van der Waals surface area contributed by atoms with Crippen LogP contribution >= 0.6 is 0 Å². The van der Waals surface area contributed by atoms with Gasteiger partial charge in [-0.05, 0) is 65.0 Å². The van der Waals surface area contributed by atoms with Gasteiger partial charge in [0.15, 0.2) is 0 Å². The van der Waals surface area contributed by atoms with Crippen molar-refractivity contribution in [1.82, 2.24) is 4.98 Å². The number of aromatic amines is 1. The summed E-state index contributed by atoms with van der Waals surface area (Å²) in [5.74, 6) is 0. The molecule has 0 saturated heterocycles. The Morgan fingerprint density at radius 2 is 1.74 bits per heavy atom. The molecule has 0 aliphatic carbocycles. The van der Waals surface area contributed by atoms with E-state index in [4.69, 9.17) is 5.73 Å². The van der Waals surface area contributed by atoms with E-state index >= 15 is 0 Å². The number of aromatic nitrogens is 1. The molecule has 4 rings (SSSR count). The van der Waals surface area contributed by atoms with Crippen LogP contribution in [0.4, 0.5) is 0 Å². The first-order chi connectivity index (χ1) is 11.3. The fourth-order valence-corrected chi connectivity index (χ4v) is 3.41. The number of hydrogen-bond donors (Lipinski definition) is 2. The molecular formula is C21H20N2. The first-order valence-electron chi connectivity index (χ1n) is 8.07. The van der Waals surface area contributed by atoms with E-state index in [1.54, 1.807) is 0 Å². The minimum Gasteiger partial charge on any atom is -0.361 e. The van der Waals surface area contributed by atoms with E-state index in [0.717, 1.165) is 6.42 Å². The largest absolute Gasteiger partial charge is 0.361 e. The number of H-pyrrole nitrogens is 1. The number of rotatable bonds is 3. The molecule has 0 radical (unpaired) electrons. The highest BCUT2D eigenvalue weighted by molar-refractivity contribution is 6.00. The third-order valence-corrected chi connectivity index (χ3v) is 4.63. The summed E-state index contributed by atoms with van der Waals surface area (Å²) in [6.45, 7) is 2.84. The molecule has 0 unspecified atom stereocenters. The SMILES string of the molecule is Cc1ccc(-c2ccc3[nH]cc(CCN)c3c2)c2ccccc12. The molecule has 0 aliphatic heterocycles. The molecule has 3 N–H and O–H groups in total. The Balaban J connectivity index is 1.95. The summed E-state index contributed by atoms with van der Waals surface area (Å²) in [4.78, 5) is 3.34. The van der Waals surface area contributed by atoms with Gasteiger partial charge < -0.3 is 10.7 Å². The molecule has 0 saturated carbocycles. The van der Waals surface area contributed by atoms with Crippen molar-refractivity contribution in [2.24, 2.45) is 5.73 Å². The Morgan fingerprint density at radius 3 is 2.57 bits per heavy atom. The van der Waals surface area contributed by atoms with E-state index in [1.807, 2.05) is 0 Å². The predicted octanol–water partition coefficient (Wildman–Crippen LogP) is 4.80. The normalized spacial score (nSPS) is 11.4. The number of benzene rings is 3. The van der Waals surface area contributed by atoms with Crippen molar-refractivity contribution in [1.29, 1.82) is 0 Å². The van der Waals surface area contributed by atoms with E-state index in [9.17, 15) is 0 Å². The Hall–Kier alpha value is -2.58. The smallest absolute Gasteiger partial charge is 0.0457 e. The Labute approximate surface area is 135 Å². The minimum atomic E-state index is 0.671. The Kier molecular flexibility index (Phi) is 3.40. The van der Waals surface area contributed by atoms with Crippen LogP contribution in [0.15, 0.2) is 60.8 Å². The van der Waals surface area contributed by atoms with Crippen LogP contribution in [0.5, 0.6) is 0 Å². The van der Waals surface area contributed by atoms with Crippen LogP contribution in [-0.2, 0) is 6.42 Å². The van der Waals surface area contributed by atoms with Crippen molar-refractivity contribution in [2.45, 2.75) is 13.3 Å². The molecule has 0 amide bonds. The van der Waals surface area contributed by atoms with E-state index < -0.39 is 0 Å². The fourth-order valence-electron chi connectivity index (χ4n) is 3.41. The average Bonchev–Trinajstić information content (AvgIpc) is 2.98. The van der Waals surface area contributed by atoms with Crippen molar-refractivity contribution >= 4 is 21.7 Å². The number of nitrogens with one attached hydrogen (secondary N) is 1. The van der Waals surface area contributed by atoms with Crippen molar-refractivity contribution in [3.8, 4) is 11.1 Å². The van der Waals surface area contributed by atoms with Crippen LogP contribution in [0.25, 0.3) is 32.8 Å². The molecular weight excluding hydrogens is 280 g/mol. The summed E-state index contributed by atoms with van der Waals surface area (Å²) in [6.07, 6.45) is 2.98. The van der Waals surface area contributed by atoms with Crippen LogP contribution in [0.1, 0.15) is 11.1 Å². The second-order valence-electron chi connectivity index (χ2n) is 6.09. The lowest BCUT2D eigenvalue weighted by Gasteiger charge is -2.10. The van der Waals surface area contributed by atoms with Gasteiger partial charge in [0.1, 0.15) is 0 Å². The van der Waals surface area contributed by atoms with Gasteiger partial charge in [-0.2, -0.15) is 0 Å². The predicted molar refractivity (Wildman–Crippen MR) is 98.7 cm³/mol. The fraction of sp³-hybridized carbons (Fsp3) is 0.143. The second kappa shape index (κ2) is 5.56. The molecule has 0 spiro atoms. The molecule has 1 heterocycles. The van der Waals surface area contributed by atoms with E-state index in [0.29, 0.717) is 6.54 Å². The van der Waals surface area contributed by atoms with Crippen LogP contribution in [0.2, 0.25) is 0 Å². The maximum Gasteiger partial charge on any atom is 0.0457 e. The van der Waals surface area contributed by atoms with Crippen LogP contribution in [0.3, 0.4) is 0 Å². The standard InChI is InChI=1S/C21H20N2/c1-14-6-8-18(19-5-3-2-4-17(14)19)15-7-9-21-20(12-15)16(10-11-22)13-23-21/h2-9,12-13,23H,10-11,22H2,1H3. The molecule has 0 aliphatic rings. The average molecular weight is 300 g/mol. The van der Waals surface area contributed by atoms with E-state index in [2.05, 4.69) is 72.7 Å². The summed E-state index contributed by atoms with van der Waals surface area (Å²) in [6, 6.07) is 19.7. The van der Waals surface area contributed by atoms with Gasteiger partial charge >= 0.3 is 0 Å². The summed E-state index contributed by atoms with van der Waals surface area (Å²) >= 11 is 0. The molecule has 1 aromatic heterocycles. The Morgan fingerprint density at radius 1 is 0.913 bits per heavy atom. The molecule has 2 nitrogen and oxygen atoms in total. The van der Waals surface area contributed by atoms with Gasteiger partial charge in [-0.3, -0.25) is 0 Å². The first kappa shape index (κ1) is 14.0. The van der Waals surface area contributed by atoms with Crippen LogP contribution in [0, 0.1) is 6.92 Å². The zero-order valence-electron chi connectivity index (χ0n) is 13.3. The van der Waals surface area contributed by atoms with Gasteiger partial charge in [-0.15, -0.1) is 0 Å². The summed E-state index contributed by atoms with van der Waals surface area (Å²) < 4.78 is 0. The molecule has 0 fully saturated rings. The Bertz CT molecular complexity index is 995. The van der Waals surface area contributed by atoms with Gasteiger partial charge in [-0.1, -0.05) is 42.5 Å². The van der Waals surface area contributed by atoms with Crippen LogP contribution in [-0.4, -0.2) is 11.5 Å². The zero-order valence-corrected chi connectivity index (χ0v) is 13.3. The maximum absolute atomic E-state index is 5.74. The molecule has 23 heavy (non-hydrogen) atoms. The lowest BCUT2D eigenvalue weighted by Crippen LogP contribution is -2.01. The zero-order chi connectivity index (χ0) is 15.8. The van der Waals surface area contributed by atoms with Gasteiger partial charge in [0, 0.05) is 17.1 Å². The third kappa shape index (κ3) is 2.32.